The molecule has 1 atom stereocenters. The molecule has 1 aromatic carbocycles. The quantitative estimate of drug-likeness (QED) is 0.791. The van der Waals surface area contributed by atoms with E-state index >= 15 is 0 Å². The summed E-state index contributed by atoms with van der Waals surface area (Å²) in [6, 6.07) is 5.83. The average molecular weight is 273 g/mol. The Kier molecular flexibility index (Phi) is 4.26. The highest BCUT2D eigenvalue weighted by Crippen LogP contribution is 2.25. The van der Waals surface area contributed by atoms with E-state index in [1.165, 1.54) is 0 Å². The molecule has 1 aromatic rings. The summed E-state index contributed by atoms with van der Waals surface area (Å²) in [5.41, 5.74) is 2.87. The summed E-state index contributed by atoms with van der Waals surface area (Å²) in [6.45, 7) is 9.15. The number of Topliss-reactive ketones (excluding diaryl/α,β-unsaturated/α-hetero) is 1. The molecule has 1 aliphatic heterocycles. The van der Waals surface area contributed by atoms with Crippen LogP contribution in [-0.4, -0.2) is 29.7 Å². The van der Waals surface area contributed by atoms with Crippen LogP contribution in [0.2, 0.25) is 0 Å². The molecule has 0 radical (unpaired) electrons. The molecule has 2 rings (SSSR count). The maximum Gasteiger partial charge on any atom is 0.223 e. The number of nitrogens with zero attached hydrogens (tertiary/aromatic N) is 1. The molecule has 0 aromatic heterocycles. The van der Waals surface area contributed by atoms with Crippen LogP contribution in [-0.2, 0) is 4.79 Å². The van der Waals surface area contributed by atoms with Gasteiger partial charge in [0.2, 0.25) is 5.91 Å². The fraction of sp³-hybridized carbons (Fsp3) is 0.529. The van der Waals surface area contributed by atoms with E-state index in [0.717, 1.165) is 16.7 Å². The van der Waals surface area contributed by atoms with E-state index in [4.69, 9.17) is 0 Å². The lowest BCUT2D eigenvalue weighted by atomic mass is 9.95. The maximum atomic E-state index is 12.4. The van der Waals surface area contributed by atoms with Crippen molar-refractivity contribution in [3.8, 4) is 0 Å². The topological polar surface area (TPSA) is 37.4 Å². The first-order valence-electron chi connectivity index (χ1n) is 7.26. The van der Waals surface area contributed by atoms with Crippen LogP contribution < -0.4 is 0 Å². The van der Waals surface area contributed by atoms with Gasteiger partial charge in [0, 0.05) is 18.5 Å². The van der Waals surface area contributed by atoms with Crippen molar-refractivity contribution in [2.24, 2.45) is 11.8 Å². The molecule has 0 N–H and O–H groups in total. The largest absolute Gasteiger partial charge is 0.335 e. The number of ketones is 1. The molecule has 1 unspecified atom stereocenters. The van der Waals surface area contributed by atoms with Crippen LogP contribution in [0.25, 0.3) is 0 Å². The first-order valence-corrected chi connectivity index (χ1v) is 7.26. The van der Waals surface area contributed by atoms with E-state index in [9.17, 15) is 9.59 Å². The second kappa shape index (κ2) is 5.78. The fourth-order valence-corrected chi connectivity index (χ4v) is 2.79. The molecular weight excluding hydrogens is 250 g/mol. The third-order valence-corrected chi connectivity index (χ3v) is 4.20. The van der Waals surface area contributed by atoms with E-state index in [1.54, 1.807) is 4.90 Å². The number of rotatable bonds is 4. The summed E-state index contributed by atoms with van der Waals surface area (Å²) in [5.74, 6) is 1.02. The molecule has 1 heterocycles. The van der Waals surface area contributed by atoms with Gasteiger partial charge in [0.25, 0.3) is 0 Å². The van der Waals surface area contributed by atoms with Gasteiger partial charge in [-0.05, 0) is 31.2 Å². The van der Waals surface area contributed by atoms with Crippen LogP contribution in [0, 0.1) is 25.7 Å². The number of amides is 1. The third-order valence-electron chi connectivity index (χ3n) is 4.20. The van der Waals surface area contributed by atoms with Crippen LogP contribution in [0.3, 0.4) is 0 Å². The monoisotopic (exact) mass is 273 g/mol. The molecule has 3 heteroatoms. The van der Waals surface area contributed by atoms with Crippen molar-refractivity contribution >= 4 is 11.7 Å². The lowest BCUT2D eigenvalue weighted by Crippen LogP contribution is -2.32. The zero-order chi connectivity index (χ0) is 14.9. The summed E-state index contributed by atoms with van der Waals surface area (Å²) in [5, 5.41) is 0. The number of carbonyl (C=O) groups excluding carboxylic acids is 2. The highest BCUT2D eigenvalue weighted by atomic mass is 16.2. The maximum absolute atomic E-state index is 12.4. The average Bonchev–Trinajstić information content (AvgIpc) is 2.71. The van der Waals surface area contributed by atoms with Gasteiger partial charge in [-0.2, -0.15) is 0 Å². The molecule has 20 heavy (non-hydrogen) atoms. The lowest BCUT2D eigenvalue weighted by molar-refractivity contribution is -0.127. The smallest absolute Gasteiger partial charge is 0.223 e. The Morgan fingerprint density at radius 1 is 1.35 bits per heavy atom. The molecular formula is C17H23NO2. The number of hydrogen-bond donors (Lipinski definition) is 0. The standard InChI is InChI=1S/C17H23NO2/c1-11(2)14-8-17(20)18(9-14)10-16(19)15-6-5-12(3)7-13(15)4/h5-7,11,14H,8-10H2,1-4H3. The summed E-state index contributed by atoms with van der Waals surface area (Å²) in [6.07, 6.45) is 0.581. The molecule has 3 nitrogen and oxygen atoms in total. The summed E-state index contributed by atoms with van der Waals surface area (Å²) in [4.78, 5) is 26.0. The van der Waals surface area contributed by atoms with Crippen molar-refractivity contribution in [2.75, 3.05) is 13.1 Å². The van der Waals surface area contributed by atoms with Crippen LogP contribution in [0.15, 0.2) is 18.2 Å². The summed E-state index contributed by atoms with van der Waals surface area (Å²) >= 11 is 0. The molecule has 0 aliphatic carbocycles. The Labute approximate surface area is 121 Å². The fourth-order valence-electron chi connectivity index (χ4n) is 2.79. The van der Waals surface area contributed by atoms with Gasteiger partial charge < -0.3 is 4.90 Å². The van der Waals surface area contributed by atoms with Crippen LogP contribution in [0.1, 0.15) is 41.8 Å². The van der Waals surface area contributed by atoms with Crippen LogP contribution in [0.4, 0.5) is 0 Å². The van der Waals surface area contributed by atoms with Crippen molar-refractivity contribution in [1.29, 1.82) is 0 Å². The first kappa shape index (κ1) is 14.8. The number of aryl methyl sites for hydroxylation is 2. The predicted octanol–water partition coefficient (Wildman–Crippen LogP) is 2.99. The van der Waals surface area contributed by atoms with Gasteiger partial charge in [0.15, 0.2) is 5.78 Å². The number of hydrogen-bond acceptors (Lipinski definition) is 2. The SMILES string of the molecule is Cc1ccc(C(=O)CN2CC(C(C)C)CC2=O)c(C)c1. The van der Waals surface area contributed by atoms with Gasteiger partial charge in [-0.15, -0.1) is 0 Å². The first-order chi connectivity index (χ1) is 9.38. The predicted molar refractivity (Wildman–Crippen MR) is 79.8 cm³/mol. The zero-order valence-corrected chi connectivity index (χ0v) is 12.8. The number of benzene rings is 1. The number of likely N-dealkylation sites (tertiary alicyclic amines) is 1. The highest BCUT2D eigenvalue weighted by Gasteiger charge is 2.32. The van der Waals surface area contributed by atoms with Gasteiger partial charge in [0.05, 0.1) is 6.54 Å². The van der Waals surface area contributed by atoms with E-state index in [2.05, 4.69) is 13.8 Å². The van der Waals surface area contributed by atoms with Crippen molar-refractivity contribution < 1.29 is 9.59 Å². The highest BCUT2D eigenvalue weighted by molar-refractivity contribution is 6.00. The van der Waals surface area contributed by atoms with Gasteiger partial charge >= 0.3 is 0 Å². The van der Waals surface area contributed by atoms with Gasteiger partial charge in [0.1, 0.15) is 0 Å². The van der Waals surface area contributed by atoms with Crippen LogP contribution in [0.5, 0.6) is 0 Å². The molecule has 1 aliphatic rings. The Morgan fingerprint density at radius 3 is 2.60 bits per heavy atom. The number of carbonyl (C=O) groups is 2. The van der Waals surface area contributed by atoms with Crippen LogP contribution >= 0.6 is 0 Å². The van der Waals surface area contributed by atoms with E-state index in [0.29, 0.717) is 24.8 Å². The van der Waals surface area contributed by atoms with E-state index < -0.39 is 0 Å². The minimum atomic E-state index is 0.0419. The zero-order valence-electron chi connectivity index (χ0n) is 12.8. The lowest BCUT2D eigenvalue weighted by Gasteiger charge is -2.18. The Bertz CT molecular complexity index is 534. The molecule has 0 saturated carbocycles. The van der Waals surface area contributed by atoms with Gasteiger partial charge in [-0.3, -0.25) is 9.59 Å². The Morgan fingerprint density at radius 2 is 2.05 bits per heavy atom. The second-order valence-corrected chi connectivity index (χ2v) is 6.22. The van der Waals surface area contributed by atoms with Crippen molar-refractivity contribution in [1.82, 2.24) is 4.90 Å². The molecule has 0 bridgehead atoms. The summed E-state index contributed by atoms with van der Waals surface area (Å²) in [7, 11) is 0. The molecule has 0 spiro atoms. The molecule has 1 amide bonds. The Hall–Kier alpha value is -1.64. The van der Waals surface area contributed by atoms with Crippen molar-refractivity contribution in [3.05, 3.63) is 34.9 Å². The third kappa shape index (κ3) is 3.09. The van der Waals surface area contributed by atoms with E-state index in [-0.39, 0.29) is 18.2 Å². The van der Waals surface area contributed by atoms with Crippen molar-refractivity contribution in [2.45, 2.75) is 34.1 Å². The van der Waals surface area contributed by atoms with E-state index in [1.807, 2.05) is 32.0 Å². The minimum absolute atomic E-state index is 0.0419. The molecule has 108 valence electrons. The van der Waals surface area contributed by atoms with Crippen molar-refractivity contribution in [3.63, 3.8) is 0 Å². The molecule has 1 fully saturated rings. The Balaban J connectivity index is 2.07. The molecule has 1 saturated heterocycles. The minimum Gasteiger partial charge on any atom is -0.335 e. The second-order valence-electron chi connectivity index (χ2n) is 6.22. The van der Waals surface area contributed by atoms with Gasteiger partial charge in [-0.25, -0.2) is 0 Å². The summed E-state index contributed by atoms with van der Waals surface area (Å²) < 4.78 is 0. The van der Waals surface area contributed by atoms with Gasteiger partial charge in [-0.1, -0.05) is 37.6 Å². The normalized spacial score (nSPS) is 18.9.